The van der Waals surface area contributed by atoms with Gasteiger partial charge in [0.2, 0.25) is 17.7 Å². The predicted octanol–water partition coefficient (Wildman–Crippen LogP) is 0.369. The zero-order valence-corrected chi connectivity index (χ0v) is 32.5. The van der Waals surface area contributed by atoms with Crippen LogP contribution in [0.2, 0.25) is 0 Å². The number of rotatable bonds is 26. The number of guanidine groups is 1. The fourth-order valence-electron chi connectivity index (χ4n) is 5.15. The molecule has 54 heavy (non-hydrogen) atoms. The molecule has 0 aliphatic rings. The number of hydrogen-bond donors (Lipinski definition) is 9. The topological polar surface area (TPSA) is 335 Å². The van der Waals surface area contributed by atoms with Crippen LogP contribution in [0.15, 0.2) is 4.99 Å². The van der Waals surface area contributed by atoms with Gasteiger partial charge in [0.25, 0.3) is 0 Å². The molecule has 0 rings (SSSR count). The maximum Gasteiger partial charge on any atom is 0.322 e. The van der Waals surface area contributed by atoms with Crippen molar-refractivity contribution < 1.29 is 63.6 Å². The molecule has 0 bridgehead atoms. The second-order valence-electron chi connectivity index (χ2n) is 15.1. The number of Topliss-reactive ketones (excluding diaryl/α,β-unsaturated/α-hetero) is 2. The highest BCUT2D eigenvalue weighted by Crippen LogP contribution is 2.28. The summed E-state index contributed by atoms with van der Waals surface area (Å²) in [5.41, 5.74) is 10.2. The molecular formula is C34H56N6O13S. The Bertz CT molecular complexity index is 1400. The Labute approximate surface area is 318 Å². The van der Waals surface area contributed by atoms with Crippen LogP contribution in [0.4, 0.5) is 0 Å². The van der Waals surface area contributed by atoms with E-state index in [2.05, 4.69) is 20.9 Å². The summed E-state index contributed by atoms with van der Waals surface area (Å²) in [6.07, 6.45) is -3.65. The number of hydrogen-bond acceptors (Lipinski definition) is 11. The molecular weight excluding hydrogens is 732 g/mol. The number of nitrogens with zero attached hydrogens (tertiary/aromatic N) is 1. The first-order valence-corrected chi connectivity index (χ1v) is 18.2. The Morgan fingerprint density at radius 3 is 1.59 bits per heavy atom. The first-order valence-electron chi connectivity index (χ1n) is 17.2. The van der Waals surface area contributed by atoms with Gasteiger partial charge in [0.15, 0.2) is 17.5 Å². The molecule has 3 amide bonds. The van der Waals surface area contributed by atoms with Gasteiger partial charge >= 0.3 is 23.9 Å². The second kappa shape index (κ2) is 23.1. The van der Waals surface area contributed by atoms with Gasteiger partial charge in [-0.05, 0) is 24.7 Å². The number of ketones is 2. The fourth-order valence-corrected chi connectivity index (χ4v) is 6.12. The molecule has 0 aliphatic carbocycles. The molecule has 0 aromatic carbocycles. The normalized spacial score (nSPS) is 14.3. The van der Waals surface area contributed by atoms with Crippen molar-refractivity contribution in [3.8, 4) is 0 Å². The first-order chi connectivity index (χ1) is 24.7. The largest absolute Gasteiger partial charge is 0.481 e. The quantitative estimate of drug-likeness (QED) is 0.0325. The van der Waals surface area contributed by atoms with Gasteiger partial charge in [-0.25, -0.2) is 0 Å². The molecule has 19 nitrogen and oxygen atoms in total. The Balaban J connectivity index is 6.42. The van der Waals surface area contributed by atoms with Gasteiger partial charge in [0.1, 0.15) is 6.54 Å². The highest BCUT2D eigenvalue weighted by Gasteiger charge is 2.35. The number of amides is 3. The highest BCUT2D eigenvalue weighted by molar-refractivity contribution is 8.00. The number of carbonyl (C=O) groups is 9. The van der Waals surface area contributed by atoms with Gasteiger partial charge in [0.05, 0.1) is 43.2 Å². The number of nitrogens with one attached hydrogen (secondary N) is 3. The summed E-state index contributed by atoms with van der Waals surface area (Å²) in [5.74, 6) is -14.1. The molecule has 5 atom stereocenters. The number of carboxylic acids is 4. The third kappa shape index (κ3) is 23.0. The Morgan fingerprint density at radius 2 is 1.11 bits per heavy atom. The highest BCUT2D eigenvalue weighted by atomic mass is 32.2. The zero-order chi connectivity index (χ0) is 42.0. The summed E-state index contributed by atoms with van der Waals surface area (Å²) in [4.78, 5) is 117. The summed E-state index contributed by atoms with van der Waals surface area (Å²) in [6.45, 7) is 10.2. The van der Waals surface area contributed by atoms with E-state index in [1.54, 1.807) is 20.8 Å². The van der Waals surface area contributed by atoms with Crippen LogP contribution in [0.3, 0.4) is 0 Å². The van der Waals surface area contributed by atoms with Crippen molar-refractivity contribution in [1.82, 2.24) is 16.0 Å². The van der Waals surface area contributed by atoms with Crippen molar-refractivity contribution in [2.45, 2.75) is 110 Å². The minimum absolute atomic E-state index is 0.0317. The molecule has 0 aromatic heterocycles. The Morgan fingerprint density at radius 1 is 0.630 bits per heavy atom. The van der Waals surface area contributed by atoms with Crippen molar-refractivity contribution in [3.05, 3.63) is 0 Å². The SMILES string of the molecule is CC(C)(C)C[C@@H](CC(=O)O)C(=O)N[C@@H](CCCN=C(N)N)C(=O)C[C@@H](CC(=O)O)C(=O)N[C@@H](CC(=O)O)C(=O)C[C@H](CSC(C)(C)C)C(=O)NCC(=O)O. The number of carbonyl (C=O) groups excluding carboxylic acids is 5. The number of nitrogens with two attached hydrogens (primary N) is 2. The summed E-state index contributed by atoms with van der Waals surface area (Å²) in [6, 6.07) is -3.10. The third-order valence-electron chi connectivity index (χ3n) is 7.57. The van der Waals surface area contributed by atoms with Gasteiger partial charge in [-0.3, -0.25) is 48.1 Å². The van der Waals surface area contributed by atoms with E-state index >= 15 is 0 Å². The maximum absolute atomic E-state index is 13.7. The number of aliphatic imine (C=N–C) groups is 1. The van der Waals surface area contributed by atoms with Gasteiger partial charge < -0.3 is 47.8 Å². The van der Waals surface area contributed by atoms with Crippen molar-refractivity contribution >= 4 is 70.9 Å². The first kappa shape index (κ1) is 49.2. The molecule has 0 fully saturated rings. The average molecular weight is 789 g/mol. The monoisotopic (exact) mass is 788 g/mol. The van der Waals surface area contributed by atoms with Crippen molar-refractivity contribution in [3.63, 3.8) is 0 Å². The van der Waals surface area contributed by atoms with E-state index in [9.17, 15) is 58.5 Å². The van der Waals surface area contributed by atoms with E-state index < -0.39 is 127 Å². The standard InChI is InChI=1S/C34H56N6O13S/c1-33(2,3)15-19(13-26(45)46)31(53)39-21(8-7-9-37-32(35)36)23(41)10-18(12-25(43)44)30(52)40-22(14-27(47)48)24(42)11-20(17-54-34(4,5)6)29(51)38-16-28(49)50/h18-22H,7-17H2,1-6H3,(H,38,51)(H,39,53)(H,40,52)(H,43,44)(H,45,46)(H,47,48)(H,49,50)(H4,35,36,37)/t18-,19+,20+,21-,22-/m0/s1. The Hall–Kier alpha value is -4.75. The van der Waals surface area contributed by atoms with E-state index in [0.29, 0.717) is 0 Å². The fraction of sp³-hybridized carbons (Fsp3) is 0.706. The maximum atomic E-state index is 13.7. The van der Waals surface area contributed by atoms with Gasteiger partial charge in [0, 0.05) is 35.8 Å². The minimum atomic E-state index is -1.76. The van der Waals surface area contributed by atoms with Crippen molar-refractivity contribution in [1.29, 1.82) is 0 Å². The molecule has 11 N–H and O–H groups in total. The van der Waals surface area contributed by atoms with E-state index in [-0.39, 0.29) is 42.3 Å². The molecule has 306 valence electrons. The average Bonchev–Trinajstić information content (AvgIpc) is 3.00. The third-order valence-corrected chi connectivity index (χ3v) is 9.01. The molecule has 0 aromatic rings. The lowest BCUT2D eigenvalue weighted by Gasteiger charge is -2.27. The van der Waals surface area contributed by atoms with Crippen LogP contribution in [0.5, 0.6) is 0 Å². The molecule has 0 spiro atoms. The van der Waals surface area contributed by atoms with Crippen molar-refractivity contribution in [2.24, 2.45) is 39.6 Å². The molecule has 0 saturated heterocycles. The van der Waals surface area contributed by atoms with Gasteiger partial charge in [-0.1, -0.05) is 41.5 Å². The van der Waals surface area contributed by atoms with E-state index in [1.165, 1.54) is 11.8 Å². The van der Waals surface area contributed by atoms with E-state index in [0.717, 1.165) is 0 Å². The lowest BCUT2D eigenvalue weighted by atomic mass is 9.82. The predicted molar refractivity (Wildman–Crippen MR) is 197 cm³/mol. The van der Waals surface area contributed by atoms with Gasteiger partial charge in [-0.15, -0.1) is 0 Å². The van der Waals surface area contributed by atoms with E-state index in [1.807, 2.05) is 20.8 Å². The number of carboxylic acid groups (broad SMARTS) is 4. The lowest BCUT2D eigenvalue weighted by Crippen LogP contribution is -2.49. The van der Waals surface area contributed by atoms with Crippen LogP contribution < -0.4 is 27.4 Å². The molecule has 0 radical (unpaired) electrons. The smallest absolute Gasteiger partial charge is 0.322 e. The minimum Gasteiger partial charge on any atom is -0.481 e. The lowest BCUT2D eigenvalue weighted by molar-refractivity contribution is -0.144. The summed E-state index contributed by atoms with van der Waals surface area (Å²) < 4.78 is -0.383. The van der Waals surface area contributed by atoms with Crippen LogP contribution in [-0.2, 0) is 43.2 Å². The van der Waals surface area contributed by atoms with Crippen LogP contribution in [0.1, 0.15) is 92.9 Å². The second-order valence-corrected chi connectivity index (χ2v) is 16.9. The molecule has 20 heteroatoms. The zero-order valence-electron chi connectivity index (χ0n) is 31.6. The summed E-state index contributed by atoms with van der Waals surface area (Å²) >= 11 is 1.28. The van der Waals surface area contributed by atoms with Crippen molar-refractivity contribution in [2.75, 3.05) is 18.8 Å². The Kier molecular flexibility index (Phi) is 21.1. The van der Waals surface area contributed by atoms with Crippen LogP contribution in [0, 0.1) is 23.2 Å². The molecule has 0 aliphatic heterocycles. The van der Waals surface area contributed by atoms with Gasteiger partial charge in [-0.2, -0.15) is 11.8 Å². The molecule has 0 unspecified atom stereocenters. The summed E-state index contributed by atoms with van der Waals surface area (Å²) in [5, 5.41) is 44.5. The molecule has 0 saturated carbocycles. The number of thioether (sulfide) groups is 1. The molecule has 0 heterocycles. The number of aliphatic carboxylic acids is 4. The van der Waals surface area contributed by atoms with Crippen LogP contribution in [0.25, 0.3) is 0 Å². The summed E-state index contributed by atoms with van der Waals surface area (Å²) in [7, 11) is 0. The van der Waals surface area contributed by atoms with Crippen LogP contribution >= 0.6 is 11.8 Å². The van der Waals surface area contributed by atoms with Crippen LogP contribution in [-0.4, -0.2) is 115 Å². The van der Waals surface area contributed by atoms with E-state index in [4.69, 9.17) is 16.6 Å².